The summed E-state index contributed by atoms with van der Waals surface area (Å²) in [5.41, 5.74) is 8.06. The van der Waals surface area contributed by atoms with Crippen molar-refractivity contribution in [2.24, 2.45) is 5.11 Å². The molecule has 0 aliphatic rings. The standard InChI is InChI=1S/C11H15N5O5/c1-6-7(10(18)8(17)3-4-14-15-12)5-13-11(21-2)9(6)16(19)20/h5,8,10,17-18H,3-4H2,1-2H3. The molecular weight excluding hydrogens is 282 g/mol. The SMILES string of the molecule is COc1ncc(C(O)C(O)CCN=[N+]=[N-])c(C)c1[N+](=O)[O-]. The summed E-state index contributed by atoms with van der Waals surface area (Å²) >= 11 is 0. The van der Waals surface area contributed by atoms with Crippen LogP contribution in [0.5, 0.6) is 5.88 Å². The van der Waals surface area contributed by atoms with Crippen LogP contribution in [0.3, 0.4) is 0 Å². The van der Waals surface area contributed by atoms with Gasteiger partial charge in [0.1, 0.15) is 6.10 Å². The first kappa shape index (κ1) is 16.6. The predicted octanol–water partition coefficient (Wildman–Crippen LogP) is 1.40. The normalized spacial score (nSPS) is 13.1. The fourth-order valence-electron chi connectivity index (χ4n) is 1.85. The number of nitro groups is 1. The lowest BCUT2D eigenvalue weighted by Gasteiger charge is -2.19. The topological polar surface area (TPSA) is 154 Å². The molecule has 10 nitrogen and oxygen atoms in total. The Morgan fingerprint density at radius 1 is 1.62 bits per heavy atom. The number of rotatable bonds is 7. The first-order chi connectivity index (χ1) is 9.93. The first-order valence-corrected chi connectivity index (χ1v) is 5.98. The molecule has 0 spiro atoms. The summed E-state index contributed by atoms with van der Waals surface area (Å²) in [6.07, 6.45) is -1.38. The Hall–Kier alpha value is -2.42. The van der Waals surface area contributed by atoms with Gasteiger partial charge in [0.25, 0.3) is 5.88 Å². The number of aliphatic hydroxyl groups is 2. The lowest BCUT2D eigenvalue weighted by atomic mass is 9.99. The average molecular weight is 297 g/mol. The zero-order valence-corrected chi connectivity index (χ0v) is 11.5. The van der Waals surface area contributed by atoms with Crippen LogP contribution in [0.2, 0.25) is 0 Å². The van der Waals surface area contributed by atoms with E-state index in [0.29, 0.717) is 0 Å². The first-order valence-electron chi connectivity index (χ1n) is 5.98. The van der Waals surface area contributed by atoms with Gasteiger partial charge in [-0.15, -0.1) is 0 Å². The van der Waals surface area contributed by atoms with Crippen molar-refractivity contribution in [2.75, 3.05) is 13.7 Å². The largest absolute Gasteiger partial charge is 0.476 e. The van der Waals surface area contributed by atoms with Gasteiger partial charge in [-0.1, -0.05) is 5.11 Å². The maximum absolute atomic E-state index is 11.0. The number of methoxy groups -OCH3 is 1. The minimum atomic E-state index is -1.38. The summed E-state index contributed by atoms with van der Waals surface area (Å²) in [6, 6.07) is 0. The molecule has 1 rings (SSSR count). The molecule has 0 radical (unpaired) electrons. The van der Waals surface area contributed by atoms with E-state index in [1.165, 1.54) is 20.2 Å². The molecular formula is C11H15N5O5. The molecule has 1 aromatic rings. The second kappa shape index (κ2) is 7.39. The Morgan fingerprint density at radius 3 is 2.81 bits per heavy atom. The van der Waals surface area contributed by atoms with Crippen LogP contribution < -0.4 is 4.74 Å². The van der Waals surface area contributed by atoms with Crippen molar-refractivity contribution in [3.05, 3.63) is 37.9 Å². The second-order valence-corrected chi connectivity index (χ2v) is 4.21. The molecule has 0 aliphatic heterocycles. The van der Waals surface area contributed by atoms with E-state index in [0.717, 1.165) is 0 Å². The van der Waals surface area contributed by atoms with Crippen LogP contribution in [0, 0.1) is 17.0 Å². The van der Waals surface area contributed by atoms with E-state index in [1.807, 2.05) is 0 Å². The van der Waals surface area contributed by atoms with Crippen LogP contribution in [0.1, 0.15) is 23.7 Å². The van der Waals surface area contributed by atoms with Gasteiger partial charge >= 0.3 is 5.69 Å². The molecule has 10 heteroatoms. The van der Waals surface area contributed by atoms with Crippen LogP contribution in [0.25, 0.3) is 10.4 Å². The van der Waals surface area contributed by atoms with Crippen molar-refractivity contribution < 1.29 is 19.9 Å². The van der Waals surface area contributed by atoms with Crippen molar-refractivity contribution in [2.45, 2.75) is 25.6 Å². The number of ether oxygens (including phenoxy) is 1. The van der Waals surface area contributed by atoms with Crippen molar-refractivity contribution >= 4 is 5.69 Å². The molecule has 0 aromatic carbocycles. The highest BCUT2D eigenvalue weighted by molar-refractivity contribution is 5.51. The number of hydrogen-bond donors (Lipinski definition) is 2. The van der Waals surface area contributed by atoms with Crippen molar-refractivity contribution in [1.29, 1.82) is 0 Å². The highest BCUT2D eigenvalue weighted by atomic mass is 16.6. The highest BCUT2D eigenvalue weighted by Crippen LogP contribution is 2.34. The average Bonchev–Trinajstić information content (AvgIpc) is 2.45. The van der Waals surface area contributed by atoms with Crippen LogP contribution in [-0.4, -0.2) is 39.9 Å². The molecule has 2 N–H and O–H groups in total. The third-order valence-electron chi connectivity index (χ3n) is 2.96. The van der Waals surface area contributed by atoms with E-state index in [2.05, 4.69) is 15.0 Å². The maximum atomic E-state index is 11.0. The van der Waals surface area contributed by atoms with E-state index in [-0.39, 0.29) is 35.7 Å². The predicted molar refractivity (Wildman–Crippen MR) is 71.8 cm³/mol. The van der Waals surface area contributed by atoms with Gasteiger partial charge in [-0.05, 0) is 18.9 Å². The zero-order valence-electron chi connectivity index (χ0n) is 11.5. The fourth-order valence-corrected chi connectivity index (χ4v) is 1.85. The molecule has 1 aromatic heterocycles. The van der Waals surface area contributed by atoms with Gasteiger partial charge < -0.3 is 14.9 Å². The molecule has 2 atom stereocenters. The molecule has 21 heavy (non-hydrogen) atoms. The molecule has 0 aliphatic carbocycles. The number of nitrogens with zero attached hydrogens (tertiary/aromatic N) is 5. The van der Waals surface area contributed by atoms with Crippen LogP contribution >= 0.6 is 0 Å². The Labute approximate surface area is 119 Å². The summed E-state index contributed by atoms with van der Waals surface area (Å²) in [5.74, 6) is -0.169. The summed E-state index contributed by atoms with van der Waals surface area (Å²) in [7, 11) is 1.25. The van der Waals surface area contributed by atoms with Crippen LogP contribution in [-0.2, 0) is 0 Å². The molecule has 1 heterocycles. The quantitative estimate of drug-likeness (QED) is 0.255. The van der Waals surface area contributed by atoms with E-state index in [9.17, 15) is 20.3 Å². The van der Waals surface area contributed by atoms with E-state index >= 15 is 0 Å². The molecule has 2 unspecified atom stereocenters. The monoisotopic (exact) mass is 297 g/mol. The molecule has 0 bridgehead atoms. The number of hydrogen-bond acceptors (Lipinski definition) is 7. The molecule has 114 valence electrons. The molecule has 0 amide bonds. The Kier molecular flexibility index (Phi) is 5.85. The molecule has 0 saturated heterocycles. The van der Waals surface area contributed by atoms with E-state index in [4.69, 9.17) is 10.3 Å². The van der Waals surface area contributed by atoms with Gasteiger partial charge in [0.15, 0.2) is 0 Å². The van der Waals surface area contributed by atoms with Crippen molar-refractivity contribution in [1.82, 2.24) is 4.98 Å². The maximum Gasteiger partial charge on any atom is 0.334 e. The molecule has 0 fully saturated rings. The number of pyridine rings is 1. The van der Waals surface area contributed by atoms with E-state index < -0.39 is 17.1 Å². The third-order valence-corrected chi connectivity index (χ3v) is 2.96. The summed E-state index contributed by atoms with van der Waals surface area (Å²) in [6.45, 7) is 1.43. The van der Waals surface area contributed by atoms with E-state index in [1.54, 1.807) is 0 Å². The third kappa shape index (κ3) is 3.78. The van der Waals surface area contributed by atoms with Gasteiger partial charge in [-0.3, -0.25) is 10.1 Å². The van der Waals surface area contributed by atoms with Gasteiger partial charge in [-0.2, -0.15) is 0 Å². The van der Waals surface area contributed by atoms with Gasteiger partial charge in [-0.25, -0.2) is 4.98 Å². The molecule has 0 saturated carbocycles. The highest BCUT2D eigenvalue weighted by Gasteiger charge is 2.28. The summed E-state index contributed by atoms with van der Waals surface area (Å²) < 4.78 is 4.81. The number of aromatic nitrogens is 1. The van der Waals surface area contributed by atoms with Gasteiger partial charge in [0.05, 0.1) is 18.1 Å². The Morgan fingerprint density at radius 2 is 2.29 bits per heavy atom. The van der Waals surface area contributed by atoms with Crippen molar-refractivity contribution in [3.63, 3.8) is 0 Å². The van der Waals surface area contributed by atoms with Crippen LogP contribution in [0.4, 0.5) is 5.69 Å². The van der Waals surface area contributed by atoms with Gasteiger partial charge in [0.2, 0.25) is 0 Å². The van der Waals surface area contributed by atoms with Crippen molar-refractivity contribution in [3.8, 4) is 5.88 Å². The van der Waals surface area contributed by atoms with Crippen LogP contribution in [0.15, 0.2) is 11.3 Å². The minimum Gasteiger partial charge on any atom is -0.476 e. The number of azide groups is 1. The zero-order chi connectivity index (χ0) is 16.0. The minimum absolute atomic E-state index is 0.000545. The Bertz CT molecular complexity index is 572. The summed E-state index contributed by atoms with van der Waals surface area (Å²) in [5, 5.41) is 34.2. The second-order valence-electron chi connectivity index (χ2n) is 4.21. The Balaban J connectivity index is 3.10. The fraction of sp³-hybridized carbons (Fsp3) is 0.545. The number of aliphatic hydroxyl groups excluding tert-OH is 2. The lowest BCUT2D eigenvalue weighted by molar-refractivity contribution is -0.386. The smallest absolute Gasteiger partial charge is 0.334 e. The summed E-state index contributed by atoms with van der Waals surface area (Å²) in [4.78, 5) is 16.7. The van der Waals surface area contributed by atoms with Gasteiger partial charge in [0, 0.05) is 28.8 Å². The lowest BCUT2D eigenvalue weighted by Crippen LogP contribution is -2.20.